The molecule has 0 spiro atoms. The molecule has 5 heteroatoms. The molecular formula is C42H54N2O3. The third kappa shape index (κ3) is 8.06. The zero-order valence-corrected chi connectivity index (χ0v) is 29.2. The molecule has 0 aliphatic carbocycles. The van der Waals surface area contributed by atoms with Crippen molar-refractivity contribution in [2.24, 2.45) is 0 Å². The number of ether oxygens (including phenoxy) is 2. The molecule has 4 unspecified atom stereocenters. The van der Waals surface area contributed by atoms with Gasteiger partial charge in [-0.15, -0.1) is 0 Å². The van der Waals surface area contributed by atoms with Gasteiger partial charge in [-0.25, -0.2) is 0 Å². The van der Waals surface area contributed by atoms with E-state index in [1.54, 1.807) is 0 Å². The lowest BCUT2D eigenvalue weighted by Crippen LogP contribution is -2.40. The number of rotatable bonds is 11. The second-order valence-electron chi connectivity index (χ2n) is 14.2. The number of aliphatic hydroxyl groups excluding tert-OH is 1. The van der Waals surface area contributed by atoms with Crippen molar-refractivity contribution in [3.8, 4) is 11.5 Å². The van der Waals surface area contributed by atoms with E-state index in [1.807, 2.05) is 24.8 Å². The number of aryl methyl sites for hydroxylation is 2. The molecule has 250 valence electrons. The number of pyridine rings is 2. The quantitative estimate of drug-likeness (QED) is 0.166. The Bertz CT molecular complexity index is 1560. The van der Waals surface area contributed by atoms with Crippen LogP contribution in [0.5, 0.6) is 11.5 Å². The third-order valence-corrected chi connectivity index (χ3v) is 10.8. The van der Waals surface area contributed by atoms with Crippen molar-refractivity contribution >= 4 is 0 Å². The Kier molecular flexibility index (Phi) is 11.7. The molecule has 4 heterocycles. The minimum absolute atomic E-state index is 0.00516. The summed E-state index contributed by atoms with van der Waals surface area (Å²) in [4.78, 5) is 8.32. The number of hydrogen-bond acceptors (Lipinski definition) is 5. The SMILES string of the molecule is Cc1ccc2c(c1)OCC(C)(c1ccncc1)C2C.Cc1ccc2c(c1)OCC(C)(c1ccncc1)C2CCCCCCCCCO. The van der Waals surface area contributed by atoms with E-state index >= 15 is 0 Å². The van der Waals surface area contributed by atoms with E-state index in [0.29, 0.717) is 25.0 Å². The van der Waals surface area contributed by atoms with Crippen LogP contribution in [-0.4, -0.2) is 34.9 Å². The Morgan fingerprint density at radius 2 is 1.11 bits per heavy atom. The average Bonchev–Trinajstić information content (AvgIpc) is 3.09. The van der Waals surface area contributed by atoms with Gasteiger partial charge < -0.3 is 14.6 Å². The first-order valence-corrected chi connectivity index (χ1v) is 17.6. The largest absolute Gasteiger partial charge is 0.492 e. The van der Waals surface area contributed by atoms with Crippen LogP contribution in [0.4, 0.5) is 0 Å². The minimum Gasteiger partial charge on any atom is -0.492 e. The molecule has 0 fully saturated rings. The molecular weight excluding hydrogens is 580 g/mol. The molecule has 4 aromatic rings. The molecule has 5 nitrogen and oxygen atoms in total. The smallest absolute Gasteiger partial charge is 0.123 e. The Labute approximate surface area is 282 Å². The van der Waals surface area contributed by atoms with E-state index in [4.69, 9.17) is 14.6 Å². The van der Waals surface area contributed by atoms with Crippen LogP contribution in [0.3, 0.4) is 0 Å². The van der Waals surface area contributed by atoms with Crippen LogP contribution in [0.25, 0.3) is 0 Å². The lowest BCUT2D eigenvalue weighted by molar-refractivity contribution is 0.162. The molecule has 0 radical (unpaired) electrons. The van der Waals surface area contributed by atoms with Gasteiger partial charge in [-0.3, -0.25) is 9.97 Å². The molecule has 4 atom stereocenters. The highest BCUT2D eigenvalue weighted by Crippen LogP contribution is 2.49. The maximum Gasteiger partial charge on any atom is 0.123 e. The monoisotopic (exact) mass is 634 g/mol. The van der Waals surface area contributed by atoms with Gasteiger partial charge in [-0.05, 0) is 102 Å². The number of nitrogens with zero attached hydrogens (tertiary/aromatic N) is 2. The minimum atomic E-state index is -0.0215. The van der Waals surface area contributed by atoms with Crippen LogP contribution >= 0.6 is 0 Å². The summed E-state index contributed by atoms with van der Waals surface area (Å²) in [6.45, 7) is 12.9. The molecule has 0 amide bonds. The van der Waals surface area contributed by atoms with Crippen LogP contribution in [0.1, 0.15) is 117 Å². The Morgan fingerprint density at radius 3 is 1.68 bits per heavy atom. The molecule has 2 aromatic carbocycles. The first-order valence-electron chi connectivity index (χ1n) is 17.6. The number of aliphatic hydroxyl groups is 1. The van der Waals surface area contributed by atoms with Gasteiger partial charge in [0.15, 0.2) is 0 Å². The summed E-state index contributed by atoms with van der Waals surface area (Å²) in [7, 11) is 0. The van der Waals surface area contributed by atoms with Crippen molar-refractivity contribution < 1.29 is 14.6 Å². The van der Waals surface area contributed by atoms with Gasteiger partial charge in [0.25, 0.3) is 0 Å². The highest BCUT2D eigenvalue weighted by atomic mass is 16.5. The van der Waals surface area contributed by atoms with E-state index in [2.05, 4.69) is 105 Å². The number of unbranched alkanes of at least 4 members (excludes halogenated alkanes) is 6. The van der Waals surface area contributed by atoms with Crippen LogP contribution in [0, 0.1) is 13.8 Å². The van der Waals surface area contributed by atoms with E-state index in [9.17, 15) is 0 Å². The van der Waals surface area contributed by atoms with Gasteiger partial charge in [-0.1, -0.05) is 83.6 Å². The number of fused-ring (bicyclic) bond motifs is 2. The van der Waals surface area contributed by atoms with Crippen LogP contribution < -0.4 is 9.47 Å². The van der Waals surface area contributed by atoms with Crippen molar-refractivity contribution in [3.63, 3.8) is 0 Å². The lowest BCUT2D eigenvalue weighted by Gasteiger charge is -2.43. The first-order chi connectivity index (χ1) is 22.8. The highest BCUT2D eigenvalue weighted by Gasteiger charge is 2.42. The maximum absolute atomic E-state index is 8.88. The molecule has 0 saturated carbocycles. The first kappa shape index (κ1) is 34.6. The fraction of sp³-hybridized carbons (Fsp3) is 0.476. The number of benzene rings is 2. The zero-order chi connectivity index (χ0) is 33.3. The summed E-state index contributed by atoms with van der Waals surface area (Å²) in [6.07, 6.45) is 17.2. The Morgan fingerprint density at radius 1 is 0.638 bits per heavy atom. The zero-order valence-electron chi connectivity index (χ0n) is 29.2. The Hall–Kier alpha value is -3.70. The van der Waals surface area contributed by atoms with Crippen molar-refractivity contribution in [2.75, 3.05) is 19.8 Å². The second-order valence-corrected chi connectivity index (χ2v) is 14.2. The molecule has 2 aliphatic rings. The molecule has 2 aliphatic heterocycles. The molecule has 2 aromatic heterocycles. The molecule has 47 heavy (non-hydrogen) atoms. The molecule has 6 rings (SSSR count). The van der Waals surface area contributed by atoms with Gasteiger partial charge in [0.05, 0.1) is 13.2 Å². The standard InChI is InChI=1S/C25H35NO2.C17H19NO/c1-20-11-12-22-23(10-8-6-4-3-5-7-9-17-27)25(2,19-28-24(22)18-20)21-13-15-26-16-14-21;1-12-4-5-15-13(2)17(3,11-19-16(15)10-12)14-6-8-18-9-7-14/h11-16,18,23,27H,3-10,17,19H2,1-2H3;4-10,13H,11H2,1-3H3. The van der Waals surface area contributed by atoms with Gasteiger partial charge in [-0.2, -0.15) is 0 Å². The summed E-state index contributed by atoms with van der Waals surface area (Å²) >= 11 is 0. The predicted octanol–water partition coefficient (Wildman–Crippen LogP) is 9.78. The number of aromatic nitrogens is 2. The van der Waals surface area contributed by atoms with E-state index in [-0.39, 0.29) is 10.8 Å². The van der Waals surface area contributed by atoms with Gasteiger partial charge >= 0.3 is 0 Å². The summed E-state index contributed by atoms with van der Waals surface area (Å²) in [5.74, 6) is 3.01. The van der Waals surface area contributed by atoms with E-state index in [1.165, 1.54) is 71.9 Å². The fourth-order valence-corrected chi connectivity index (χ4v) is 7.45. The summed E-state index contributed by atoms with van der Waals surface area (Å²) < 4.78 is 12.3. The molecule has 1 N–H and O–H groups in total. The van der Waals surface area contributed by atoms with Gasteiger partial charge in [0.2, 0.25) is 0 Å². The van der Waals surface area contributed by atoms with E-state index in [0.717, 1.165) is 30.9 Å². The van der Waals surface area contributed by atoms with Crippen molar-refractivity contribution in [2.45, 2.75) is 109 Å². The van der Waals surface area contributed by atoms with Crippen molar-refractivity contribution in [1.29, 1.82) is 0 Å². The highest BCUT2D eigenvalue weighted by molar-refractivity contribution is 5.47. The van der Waals surface area contributed by atoms with Crippen molar-refractivity contribution in [1.82, 2.24) is 9.97 Å². The lowest BCUT2D eigenvalue weighted by atomic mass is 9.66. The number of hydrogen-bond donors (Lipinski definition) is 1. The fourth-order valence-electron chi connectivity index (χ4n) is 7.45. The van der Waals surface area contributed by atoms with Crippen molar-refractivity contribution in [3.05, 3.63) is 119 Å². The normalized spacial score (nSPS) is 22.9. The molecule has 0 saturated heterocycles. The second kappa shape index (κ2) is 15.9. The van der Waals surface area contributed by atoms with Gasteiger partial charge in [0, 0.05) is 48.1 Å². The predicted molar refractivity (Wildman–Crippen MR) is 192 cm³/mol. The Balaban J connectivity index is 0.000000198. The summed E-state index contributed by atoms with van der Waals surface area (Å²) in [6, 6.07) is 21.7. The average molecular weight is 635 g/mol. The van der Waals surface area contributed by atoms with Crippen LogP contribution in [0.15, 0.2) is 85.5 Å². The third-order valence-electron chi connectivity index (χ3n) is 10.8. The maximum atomic E-state index is 8.88. The van der Waals surface area contributed by atoms with Crippen LogP contribution in [0.2, 0.25) is 0 Å². The molecule has 0 bridgehead atoms. The van der Waals surface area contributed by atoms with Crippen LogP contribution in [-0.2, 0) is 10.8 Å². The van der Waals surface area contributed by atoms with Gasteiger partial charge in [0.1, 0.15) is 11.5 Å². The summed E-state index contributed by atoms with van der Waals surface area (Å²) in [5, 5.41) is 8.88. The summed E-state index contributed by atoms with van der Waals surface area (Å²) in [5.41, 5.74) is 7.77. The van der Waals surface area contributed by atoms with E-state index < -0.39 is 0 Å². The topological polar surface area (TPSA) is 64.5 Å².